The molecule has 1 saturated heterocycles. The maximum Gasteiger partial charge on any atom is 0.325 e. The smallest absolute Gasteiger partial charge is 0.325 e. The first kappa shape index (κ1) is 17.6. The molecule has 1 aromatic carbocycles. The van der Waals surface area contributed by atoms with Crippen molar-refractivity contribution in [3.05, 3.63) is 35.9 Å². The monoisotopic (exact) mass is 380 g/mol. The van der Waals surface area contributed by atoms with Crippen molar-refractivity contribution in [1.29, 1.82) is 0 Å². The van der Waals surface area contributed by atoms with Crippen molar-refractivity contribution in [2.24, 2.45) is 5.73 Å². The van der Waals surface area contributed by atoms with Crippen molar-refractivity contribution in [3.8, 4) is 0 Å². The molecule has 0 aromatic heterocycles. The van der Waals surface area contributed by atoms with Crippen LogP contribution in [0, 0.1) is 0 Å². The second-order valence-electron chi connectivity index (χ2n) is 4.41. The van der Waals surface area contributed by atoms with Gasteiger partial charge in [-0.2, -0.15) is 0 Å². The van der Waals surface area contributed by atoms with E-state index in [0.29, 0.717) is 13.0 Å². The van der Waals surface area contributed by atoms with Gasteiger partial charge in [0.25, 0.3) is 0 Å². The summed E-state index contributed by atoms with van der Waals surface area (Å²) in [6, 6.07) is 10.0. The third kappa shape index (κ3) is 4.05. The van der Waals surface area contributed by atoms with Gasteiger partial charge in [-0.25, -0.2) is 0 Å². The van der Waals surface area contributed by atoms with Crippen LogP contribution in [0.5, 0.6) is 0 Å². The van der Waals surface area contributed by atoms with Crippen molar-refractivity contribution in [2.75, 3.05) is 13.1 Å². The molecule has 1 aromatic rings. The first-order chi connectivity index (χ1) is 7.60. The standard InChI is InChI=1S/C12H16N2O2.2BrH/c13-12(11(15)16)6-7-14(9-12)8-10-4-2-1-3-5-10;;/h1-5H,6-9,13H2,(H,15,16);2*1H. The topological polar surface area (TPSA) is 66.6 Å². The summed E-state index contributed by atoms with van der Waals surface area (Å²) < 4.78 is 0. The van der Waals surface area contributed by atoms with Crippen LogP contribution in [0.1, 0.15) is 12.0 Å². The molecule has 0 aliphatic carbocycles. The van der Waals surface area contributed by atoms with Gasteiger partial charge in [0.05, 0.1) is 0 Å². The second kappa shape index (κ2) is 7.23. The number of hydrogen-bond acceptors (Lipinski definition) is 3. The van der Waals surface area contributed by atoms with Gasteiger partial charge >= 0.3 is 5.97 Å². The zero-order valence-corrected chi connectivity index (χ0v) is 13.3. The average Bonchev–Trinajstić information content (AvgIpc) is 2.63. The lowest BCUT2D eigenvalue weighted by atomic mass is 10.0. The minimum Gasteiger partial charge on any atom is -0.480 e. The van der Waals surface area contributed by atoms with Crippen LogP contribution in [0.15, 0.2) is 30.3 Å². The lowest BCUT2D eigenvalue weighted by molar-refractivity contribution is -0.142. The SMILES string of the molecule is Br.Br.NC1(C(=O)O)CCN(Cc2ccccc2)C1. The molecule has 4 nitrogen and oxygen atoms in total. The van der Waals surface area contributed by atoms with Crippen LogP contribution < -0.4 is 5.73 Å². The van der Waals surface area contributed by atoms with Crippen LogP contribution in [0.2, 0.25) is 0 Å². The first-order valence-corrected chi connectivity index (χ1v) is 5.39. The molecule has 1 aliphatic heterocycles. The van der Waals surface area contributed by atoms with Gasteiger partial charge in [-0.15, -0.1) is 34.0 Å². The number of carboxylic acids is 1. The van der Waals surface area contributed by atoms with Crippen LogP contribution in [0.3, 0.4) is 0 Å². The molecular weight excluding hydrogens is 364 g/mol. The van der Waals surface area contributed by atoms with Crippen LogP contribution in [-0.2, 0) is 11.3 Å². The number of hydrogen-bond donors (Lipinski definition) is 2. The zero-order valence-electron chi connectivity index (χ0n) is 9.91. The predicted molar refractivity (Wildman–Crippen MR) is 81.5 cm³/mol. The molecule has 0 bridgehead atoms. The molecule has 3 N–H and O–H groups in total. The van der Waals surface area contributed by atoms with Gasteiger partial charge < -0.3 is 10.8 Å². The molecule has 6 heteroatoms. The molecule has 0 amide bonds. The minimum atomic E-state index is -1.06. The quantitative estimate of drug-likeness (QED) is 0.838. The number of nitrogens with two attached hydrogens (primary N) is 1. The van der Waals surface area contributed by atoms with Crippen LogP contribution in [0.4, 0.5) is 0 Å². The van der Waals surface area contributed by atoms with Crippen molar-refractivity contribution in [1.82, 2.24) is 4.90 Å². The summed E-state index contributed by atoms with van der Waals surface area (Å²) in [4.78, 5) is 13.1. The highest BCUT2D eigenvalue weighted by Gasteiger charge is 2.40. The number of rotatable bonds is 3. The zero-order chi connectivity index (χ0) is 11.6. The Hall–Kier alpha value is -0.430. The molecule has 2 rings (SSSR count). The Morgan fingerprint density at radius 3 is 2.44 bits per heavy atom. The summed E-state index contributed by atoms with van der Waals surface area (Å²) in [6.07, 6.45) is 0.523. The summed E-state index contributed by atoms with van der Waals surface area (Å²) in [5.41, 5.74) is 5.94. The summed E-state index contributed by atoms with van der Waals surface area (Å²) in [6.45, 7) is 1.95. The largest absolute Gasteiger partial charge is 0.480 e. The second-order valence-corrected chi connectivity index (χ2v) is 4.41. The van der Waals surface area contributed by atoms with Gasteiger partial charge in [0.15, 0.2) is 0 Å². The molecule has 0 radical (unpaired) electrons. The normalized spacial score (nSPS) is 22.9. The Morgan fingerprint density at radius 2 is 1.94 bits per heavy atom. The summed E-state index contributed by atoms with van der Waals surface area (Å²) in [7, 11) is 0. The summed E-state index contributed by atoms with van der Waals surface area (Å²) >= 11 is 0. The van der Waals surface area contributed by atoms with E-state index in [4.69, 9.17) is 10.8 Å². The maximum absolute atomic E-state index is 11.0. The van der Waals surface area contributed by atoms with Gasteiger partial charge in [-0.3, -0.25) is 9.69 Å². The van der Waals surface area contributed by atoms with E-state index in [9.17, 15) is 4.79 Å². The predicted octanol–water partition coefficient (Wildman–Crippen LogP) is 1.83. The fourth-order valence-electron chi connectivity index (χ4n) is 2.07. The van der Waals surface area contributed by atoms with E-state index in [1.165, 1.54) is 5.56 Å². The number of likely N-dealkylation sites (tertiary alicyclic amines) is 1. The number of nitrogens with zero attached hydrogens (tertiary/aromatic N) is 1. The molecule has 18 heavy (non-hydrogen) atoms. The minimum absolute atomic E-state index is 0. The third-order valence-electron chi connectivity index (χ3n) is 3.05. The molecule has 1 unspecified atom stereocenters. The highest BCUT2D eigenvalue weighted by molar-refractivity contribution is 8.93. The third-order valence-corrected chi connectivity index (χ3v) is 3.05. The van der Waals surface area contributed by atoms with Gasteiger partial charge in [-0.1, -0.05) is 30.3 Å². The van der Waals surface area contributed by atoms with Crippen LogP contribution >= 0.6 is 34.0 Å². The lowest BCUT2D eigenvalue weighted by Crippen LogP contribution is -2.50. The van der Waals surface area contributed by atoms with Crippen molar-refractivity contribution in [2.45, 2.75) is 18.5 Å². The van der Waals surface area contributed by atoms with Crippen molar-refractivity contribution >= 4 is 39.9 Å². The maximum atomic E-state index is 11.0. The summed E-state index contributed by atoms with van der Waals surface area (Å²) in [5.74, 6) is -0.900. The molecule has 102 valence electrons. The summed E-state index contributed by atoms with van der Waals surface area (Å²) in [5, 5.41) is 9.00. The molecule has 1 atom stereocenters. The highest BCUT2D eigenvalue weighted by atomic mass is 79.9. The van der Waals surface area contributed by atoms with Gasteiger partial charge in [0, 0.05) is 19.6 Å². The van der Waals surface area contributed by atoms with Gasteiger partial charge in [0.2, 0.25) is 0 Å². The van der Waals surface area contributed by atoms with E-state index in [1.54, 1.807) is 0 Å². The average molecular weight is 382 g/mol. The van der Waals surface area contributed by atoms with E-state index in [1.807, 2.05) is 30.3 Å². The van der Waals surface area contributed by atoms with E-state index in [0.717, 1.165) is 13.1 Å². The Labute approximate surface area is 128 Å². The molecule has 1 fully saturated rings. The fraction of sp³-hybridized carbons (Fsp3) is 0.417. The highest BCUT2D eigenvalue weighted by Crippen LogP contribution is 2.20. The van der Waals surface area contributed by atoms with Gasteiger partial charge in [0.1, 0.15) is 5.54 Å². The molecule has 0 saturated carbocycles. The molecular formula is C12H18Br2N2O2. The molecule has 0 spiro atoms. The Balaban J connectivity index is 0.00000144. The Kier molecular flexibility index (Phi) is 7.06. The Bertz CT molecular complexity index is 389. The molecule has 1 aliphatic rings. The van der Waals surface area contributed by atoms with E-state index < -0.39 is 11.5 Å². The lowest BCUT2D eigenvalue weighted by Gasteiger charge is -2.19. The number of aliphatic carboxylic acids is 1. The number of carboxylic acid groups (broad SMARTS) is 1. The van der Waals surface area contributed by atoms with Crippen LogP contribution in [-0.4, -0.2) is 34.6 Å². The number of benzene rings is 1. The Morgan fingerprint density at radius 1 is 1.33 bits per heavy atom. The van der Waals surface area contributed by atoms with Gasteiger partial charge in [-0.05, 0) is 12.0 Å². The fourth-order valence-corrected chi connectivity index (χ4v) is 2.07. The van der Waals surface area contributed by atoms with E-state index >= 15 is 0 Å². The van der Waals surface area contributed by atoms with Crippen molar-refractivity contribution in [3.63, 3.8) is 0 Å². The van der Waals surface area contributed by atoms with Crippen molar-refractivity contribution < 1.29 is 9.90 Å². The number of carbonyl (C=O) groups is 1. The molecule has 1 heterocycles. The van der Waals surface area contributed by atoms with E-state index in [2.05, 4.69) is 4.90 Å². The first-order valence-electron chi connectivity index (χ1n) is 5.39. The van der Waals surface area contributed by atoms with E-state index in [-0.39, 0.29) is 34.0 Å². The number of halogens is 2. The van der Waals surface area contributed by atoms with Crippen LogP contribution in [0.25, 0.3) is 0 Å².